The number of aliphatic hydroxyl groups is 2. The van der Waals surface area contributed by atoms with E-state index in [1.54, 1.807) is 0 Å². The molecule has 0 bridgehead atoms. The van der Waals surface area contributed by atoms with E-state index in [1.165, 1.54) is 11.9 Å². The lowest BCUT2D eigenvalue weighted by atomic mass is 10.1. The van der Waals surface area contributed by atoms with E-state index >= 15 is 0 Å². The molecule has 1 unspecified atom stereocenters. The molecule has 146 valence electrons. The fourth-order valence-electron chi connectivity index (χ4n) is 2.57. The SMILES string of the molecule is CNC(=O)C(Cc1ccccc1)NC(=O)N(CCC(C)C)C(CO)CO. The van der Waals surface area contributed by atoms with Crippen LogP contribution in [0.1, 0.15) is 25.8 Å². The van der Waals surface area contributed by atoms with Gasteiger partial charge in [-0.15, -0.1) is 0 Å². The van der Waals surface area contributed by atoms with E-state index < -0.39 is 18.1 Å². The molecule has 0 aliphatic rings. The van der Waals surface area contributed by atoms with Gasteiger partial charge >= 0.3 is 6.03 Å². The quantitative estimate of drug-likeness (QED) is 0.491. The van der Waals surface area contributed by atoms with Crippen LogP contribution in [0.15, 0.2) is 30.3 Å². The van der Waals surface area contributed by atoms with Gasteiger partial charge in [0.25, 0.3) is 0 Å². The second-order valence-electron chi connectivity index (χ2n) is 6.70. The zero-order chi connectivity index (χ0) is 19.5. The summed E-state index contributed by atoms with van der Waals surface area (Å²) in [5.74, 6) is 0.0675. The number of carbonyl (C=O) groups is 2. The molecular formula is C19H31N3O4. The first-order valence-electron chi connectivity index (χ1n) is 8.97. The summed E-state index contributed by atoms with van der Waals surface area (Å²) in [5.41, 5.74) is 0.927. The van der Waals surface area contributed by atoms with Crippen molar-refractivity contribution >= 4 is 11.9 Å². The van der Waals surface area contributed by atoms with E-state index in [0.717, 1.165) is 12.0 Å². The smallest absolute Gasteiger partial charge is 0.318 e. The van der Waals surface area contributed by atoms with Crippen LogP contribution in [-0.2, 0) is 11.2 Å². The second kappa shape index (κ2) is 11.5. The van der Waals surface area contributed by atoms with Crippen molar-refractivity contribution in [3.8, 4) is 0 Å². The molecule has 0 aliphatic carbocycles. The van der Waals surface area contributed by atoms with Crippen LogP contribution in [0.5, 0.6) is 0 Å². The fourth-order valence-corrected chi connectivity index (χ4v) is 2.57. The minimum atomic E-state index is -0.741. The molecule has 0 saturated carbocycles. The number of likely N-dealkylation sites (N-methyl/N-ethyl adjacent to an activating group) is 1. The number of rotatable bonds is 10. The third-order valence-corrected chi connectivity index (χ3v) is 4.21. The Bertz CT molecular complexity index is 547. The second-order valence-corrected chi connectivity index (χ2v) is 6.70. The number of carbonyl (C=O) groups excluding carboxylic acids is 2. The maximum atomic E-state index is 12.7. The molecule has 7 nitrogen and oxygen atoms in total. The van der Waals surface area contributed by atoms with Gasteiger partial charge in [0.15, 0.2) is 0 Å². The normalized spacial score (nSPS) is 12.1. The Balaban J connectivity index is 2.89. The zero-order valence-electron chi connectivity index (χ0n) is 15.8. The van der Waals surface area contributed by atoms with Crippen molar-refractivity contribution in [2.45, 2.75) is 38.8 Å². The van der Waals surface area contributed by atoms with Crippen LogP contribution in [0.3, 0.4) is 0 Å². The Hall–Kier alpha value is -2.12. The van der Waals surface area contributed by atoms with Crippen molar-refractivity contribution in [1.29, 1.82) is 0 Å². The van der Waals surface area contributed by atoms with Gasteiger partial charge in [0.05, 0.1) is 19.3 Å². The number of urea groups is 1. The van der Waals surface area contributed by atoms with Crippen molar-refractivity contribution in [1.82, 2.24) is 15.5 Å². The van der Waals surface area contributed by atoms with Crippen molar-refractivity contribution in [3.05, 3.63) is 35.9 Å². The van der Waals surface area contributed by atoms with E-state index in [9.17, 15) is 19.8 Å². The topological polar surface area (TPSA) is 102 Å². The predicted molar refractivity (Wildman–Crippen MR) is 101 cm³/mol. The molecule has 0 aromatic heterocycles. The lowest BCUT2D eigenvalue weighted by Crippen LogP contribution is -2.55. The third kappa shape index (κ3) is 7.01. The highest BCUT2D eigenvalue weighted by molar-refractivity contribution is 5.87. The minimum absolute atomic E-state index is 0.296. The highest BCUT2D eigenvalue weighted by Gasteiger charge is 2.27. The summed E-state index contributed by atoms with van der Waals surface area (Å²) in [6, 6.07) is 7.51. The number of hydrogen-bond acceptors (Lipinski definition) is 4. The van der Waals surface area contributed by atoms with Crippen molar-refractivity contribution in [2.24, 2.45) is 5.92 Å². The lowest BCUT2D eigenvalue weighted by molar-refractivity contribution is -0.122. The van der Waals surface area contributed by atoms with Gasteiger partial charge in [-0.3, -0.25) is 4.79 Å². The van der Waals surface area contributed by atoms with Gasteiger partial charge in [0.1, 0.15) is 6.04 Å². The van der Waals surface area contributed by atoms with Crippen LogP contribution < -0.4 is 10.6 Å². The van der Waals surface area contributed by atoms with Gasteiger partial charge < -0.3 is 25.7 Å². The van der Waals surface area contributed by atoms with E-state index in [1.807, 2.05) is 44.2 Å². The summed E-state index contributed by atoms with van der Waals surface area (Å²) < 4.78 is 0. The van der Waals surface area contributed by atoms with Crippen LogP contribution in [-0.4, -0.2) is 65.9 Å². The molecule has 0 heterocycles. The fraction of sp³-hybridized carbons (Fsp3) is 0.579. The molecule has 4 N–H and O–H groups in total. The molecule has 0 fully saturated rings. The van der Waals surface area contributed by atoms with Gasteiger partial charge in [0, 0.05) is 20.0 Å². The van der Waals surface area contributed by atoms with E-state index in [-0.39, 0.29) is 19.1 Å². The van der Waals surface area contributed by atoms with E-state index in [2.05, 4.69) is 10.6 Å². The first-order chi connectivity index (χ1) is 12.4. The minimum Gasteiger partial charge on any atom is -0.394 e. The largest absolute Gasteiger partial charge is 0.394 e. The Morgan fingerprint density at radius 2 is 1.73 bits per heavy atom. The summed E-state index contributed by atoms with van der Waals surface area (Å²) in [4.78, 5) is 26.4. The predicted octanol–water partition coefficient (Wildman–Crippen LogP) is 0.755. The Labute approximate surface area is 155 Å². The summed E-state index contributed by atoms with van der Waals surface area (Å²) in [7, 11) is 1.52. The van der Waals surface area contributed by atoms with Crippen LogP contribution in [0.2, 0.25) is 0 Å². The van der Waals surface area contributed by atoms with Gasteiger partial charge in [0.2, 0.25) is 5.91 Å². The highest BCUT2D eigenvalue weighted by atomic mass is 16.3. The third-order valence-electron chi connectivity index (χ3n) is 4.21. The zero-order valence-corrected chi connectivity index (χ0v) is 15.8. The van der Waals surface area contributed by atoms with Crippen molar-refractivity contribution in [3.63, 3.8) is 0 Å². The molecule has 1 aromatic rings. The van der Waals surface area contributed by atoms with Crippen LogP contribution in [0.4, 0.5) is 4.79 Å². The molecular weight excluding hydrogens is 334 g/mol. The van der Waals surface area contributed by atoms with Crippen molar-refractivity contribution < 1.29 is 19.8 Å². The molecule has 0 radical (unpaired) electrons. The number of nitrogens with one attached hydrogen (secondary N) is 2. The molecule has 0 saturated heterocycles. The monoisotopic (exact) mass is 365 g/mol. The van der Waals surface area contributed by atoms with Gasteiger partial charge in [-0.05, 0) is 17.9 Å². The van der Waals surface area contributed by atoms with E-state index in [0.29, 0.717) is 18.9 Å². The maximum Gasteiger partial charge on any atom is 0.318 e. The molecule has 0 spiro atoms. The summed E-state index contributed by atoms with van der Waals surface area (Å²) >= 11 is 0. The molecule has 7 heteroatoms. The number of nitrogens with zero attached hydrogens (tertiary/aromatic N) is 1. The molecule has 0 aliphatic heterocycles. The Kier molecular flexibility index (Phi) is 9.69. The van der Waals surface area contributed by atoms with E-state index in [4.69, 9.17) is 0 Å². The van der Waals surface area contributed by atoms with Gasteiger partial charge in [-0.1, -0.05) is 44.2 Å². The Morgan fingerprint density at radius 3 is 2.23 bits per heavy atom. The molecule has 26 heavy (non-hydrogen) atoms. The lowest BCUT2D eigenvalue weighted by Gasteiger charge is -2.31. The molecule has 3 amide bonds. The summed E-state index contributed by atoms with van der Waals surface area (Å²) in [5, 5.41) is 24.3. The maximum absolute atomic E-state index is 12.7. The summed E-state index contributed by atoms with van der Waals surface area (Å²) in [6.45, 7) is 3.77. The number of benzene rings is 1. The van der Waals surface area contributed by atoms with Gasteiger partial charge in [-0.25, -0.2) is 4.79 Å². The highest BCUT2D eigenvalue weighted by Crippen LogP contribution is 2.09. The average Bonchev–Trinajstić information content (AvgIpc) is 2.64. The van der Waals surface area contributed by atoms with Crippen LogP contribution in [0.25, 0.3) is 0 Å². The number of aliphatic hydroxyl groups excluding tert-OH is 2. The van der Waals surface area contributed by atoms with Gasteiger partial charge in [-0.2, -0.15) is 0 Å². The summed E-state index contributed by atoms with van der Waals surface area (Å²) in [6.07, 6.45) is 1.08. The average molecular weight is 365 g/mol. The first-order valence-corrected chi connectivity index (χ1v) is 8.97. The molecule has 1 atom stereocenters. The number of amides is 3. The van der Waals surface area contributed by atoms with Crippen LogP contribution in [0, 0.1) is 5.92 Å². The standard InChI is InChI=1S/C19H31N3O4/c1-14(2)9-10-22(16(12-23)13-24)19(26)21-17(18(25)20-3)11-15-7-5-4-6-8-15/h4-8,14,16-17,23-24H,9-13H2,1-3H3,(H,20,25)(H,21,26). The first kappa shape index (κ1) is 21.9. The number of hydrogen-bond donors (Lipinski definition) is 4. The molecule has 1 rings (SSSR count). The van der Waals surface area contributed by atoms with Crippen molar-refractivity contribution in [2.75, 3.05) is 26.8 Å². The Morgan fingerprint density at radius 1 is 1.12 bits per heavy atom. The molecule has 1 aromatic carbocycles. The van der Waals surface area contributed by atoms with Crippen LogP contribution >= 0.6 is 0 Å².